The van der Waals surface area contributed by atoms with E-state index in [9.17, 15) is 4.79 Å². The van der Waals surface area contributed by atoms with Crippen LogP contribution in [0.3, 0.4) is 0 Å². The molecule has 19 heavy (non-hydrogen) atoms. The van der Waals surface area contributed by atoms with E-state index in [-0.39, 0.29) is 18.1 Å². The standard InChI is InChI=1S/C14H15BrN2O2/c1-9(2)12(18)8-14-16-13(17-19-14)7-10-4-3-5-11(15)6-10/h3-6,9H,7-8H2,1-2H3. The van der Waals surface area contributed by atoms with Crippen LogP contribution in [0.25, 0.3) is 0 Å². The number of carbonyl (C=O) groups is 1. The van der Waals surface area contributed by atoms with Crippen LogP contribution >= 0.6 is 15.9 Å². The molecular weight excluding hydrogens is 308 g/mol. The van der Waals surface area contributed by atoms with Crippen molar-refractivity contribution in [2.24, 2.45) is 5.92 Å². The van der Waals surface area contributed by atoms with Gasteiger partial charge in [0, 0.05) is 16.8 Å². The van der Waals surface area contributed by atoms with Gasteiger partial charge in [-0.25, -0.2) is 0 Å². The van der Waals surface area contributed by atoms with Gasteiger partial charge in [0.1, 0.15) is 5.78 Å². The van der Waals surface area contributed by atoms with Crippen molar-refractivity contribution in [2.45, 2.75) is 26.7 Å². The van der Waals surface area contributed by atoms with Crippen LogP contribution < -0.4 is 0 Å². The van der Waals surface area contributed by atoms with Gasteiger partial charge in [0.05, 0.1) is 6.42 Å². The number of Topliss-reactive ketones (excluding diaryl/α,β-unsaturated/α-hetero) is 1. The molecule has 100 valence electrons. The molecule has 0 N–H and O–H groups in total. The highest BCUT2D eigenvalue weighted by atomic mass is 79.9. The van der Waals surface area contributed by atoms with Crippen LogP contribution in [0.15, 0.2) is 33.3 Å². The molecule has 4 nitrogen and oxygen atoms in total. The highest BCUT2D eigenvalue weighted by Gasteiger charge is 2.14. The van der Waals surface area contributed by atoms with Crippen molar-refractivity contribution in [3.8, 4) is 0 Å². The van der Waals surface area contributed by atoms with E-state index < -0.39 is 0 Å². The minimum absolute atomic E-state index is 0.0135. The Morgan fingerprint density at radius 2 is 2.21 bits per heavy atom. The number of hydrogen-bond donors (Lipinski definition) is 0. The van der Waals surface area contributed by atoms with Gasteiger partial charge < -0.3 is 4.52 Å². The first-order chi connectivity index (χ1) is 9.04. The maximum Gasteiger partial charge on any atom is 0.234 e. The molecule has 0 aliphatic rings. The fourth-order valence-corrected chi connectivity index (χ4v) is 2.06. The van der Waals surface area contributed by atoms with E-state index in [0.717, 1.165) is 10.0 Å². The lowest BCUT2D eigenvalue weighted by atomic mass is 10.1. The maximum absolute atomic E-state index is 11.6. The van der Waals surface area contributed by atoms with E-state index in [4.69, 9.17) is 4.52 Å². The Morgan fingerprint density at radius 3 is 2.89 bits per heavy atom. The van der Waals surface area contributed by atoms with Crippen molar-refractivity contribution >= 4 is 21.7 Å². The van der Waals surface area contributed by atoms with Crippen molar-refractivity contribution in [2.75, 3.05) is 0 Å². The average molecular weight is 323 g/mol. The van der Waals surface area contributed by atoms with E-state index in [1.54, 1.807) is 0 Å². The van der Waals surface area contributed by atoms with Crippen molar-refractivity contribution in [3.05, 3.63) is 46.0 Å². The van der Waals surface area contributed by atoms with E-state index in [1.165, 1.54) is 0 Å². The summed E-state index contributed by atoms with van der Waals surface area (Å²) in [5.74, 6) is 1.09. The molecular formula is C14H15BrN2O2. The Hall–Kier alpha value is -1.49. The Bertz CT molecular complexity index is 578. The van der Waals surface area contributed by atoms with Gasteiger partial charge >= 0.3 is 0 Å². The van der Waals surface area contributed by atoms with Crippen LogP contribution in [0, 0.1) is 5.92 Å². The molecule has 0 radical (unpaired) electrons. The van der Waals surface area contributed by atoms with E-state index in [0.29, 0.717) is 18.1 Å². The third-order valence-electron chi connectivity index (χ3n) is 2.73. The highest BCUT2D eigenvalue weighted by molar-refractivity contribution is 9.10. The molecule has 5 heteroatoms. The van der Waals surface area contributed by atoms with E-state index in [2.05, 4.69) is 26.1 Å². The maximum atomic E-state index is 11.6. The zero-order chi connectivity index (χ0) is 13.8. The molecule has 0 aliphatic heterocycles. The van der Waals surface area contributed by atoms with Gasteiger partial charge in [-0.3, -0.25) is 4.79 Å². The minimum Gasteiger partial charge on any atom is -0.339 e. The summed E-state index contributed by atoms with van der Waals surface area (Å²) in [6, 6.07) is 7.94. The zero-order valence-electron chi connectivity index (χ0n) is 10.9. The molecule has 1 aromatic carbocycles. The van der Waals surface area contributed by atoms with Gasteiger partial charge in [-0.05, 0) is 17.7 Å². The lowest BCUT2D eigenvalue weighted by Gasteiger charge is -1.98. The molecule has 1 heterocycles. The molecule has 1 aromatic heterocycles. The summed E-state index contributed by atoms with van der Waals surface area (Å²) in [7, 11) is 0. The van der Waals surface area contributed by atoms with Crippen LogP contribution in [0.1, 0.15) is 31.1 Å². The van der Waals surface area contributed by atoms with Gasteiger partial charge in [0.15, 0.2) is 5.82 Å². The first kappa shape index (κ1) is 13.9. The fraction of sp³-hybridized carbons (Fsp3) is 0.357. The van der Waals surface area contributed by atoms with Crippen LogP contribution in [0.2, 0.25) is 0 Å². The zero-order valence-corrected chi connectivity index (χ0v) is 12.5. The molecule has 2 aromatic rings. The van der Waals surface area contributed by atoms with Crippen LogP contribution in [0.4, 0.5) is 0 Å². The summed E-state index contributed by atoms with van der Waals surface area (Å²) in [6.07, 6.45) is 0.807. The number of ketones is 1. The van der Waals surface area contributed by atoms with Crippen molar-refractivity contribution in [1.82, 2.24) is 10.1 Å². The molecule has 0 saturated heterocycles. The molecule has 2 rings (SSSR count). The van der Waals surface area contributed by atoms with Gasteiger partial charge in [-0.1, -0.05) is 47.1 Å². The molecule has 0 aliphatic carbocycles. The second-order valence-electron chi connectivity index (χ2n) is 4.71. The molecule has 0 saturated carbocycles. The summed E-state index contributed by atoms with van der Waals surface area (Å²) in [4.78, 5) is 15.8. The molecule has 0 unspecified atom stereocenters. The molecule has 0 spiro atoms. The second kappa shape index (κ2) is 6.10. The number of carbonyl (C=O) groups excluding carboxylic acids is 1. The Morgan fingerprint density at radius 1 is 1.42 bits per heavy atom. The first-order valence-electron chi connectivity index (χ1n) is 6.13. The van der Waals surface area contributed by atoms with Gasteiger partial charge in [0.25, 0.3) is 0 Å². The first-order valence-corrected chi connectivity index (χ1v) is 6.92. The third kappa shape index (κ3) is 3.99. The quantitative estimate of drug-likeness (QED) is 0.848. The summed E-state index contributed by atoms with van der Waals surface area (Å²) >= 11 is 3.42. The molecule has 0 atom stereocenters. The summed E-state index contributed by atoms with van der Waals surface area (Å²) in [6.45, 7) is 3.72. The fourth-order valence-electron chi connectivity index (χ4n) is 1.62. The number of rotatable bonds is 5. The Balaban J connectivity index is 2.03. The lowest BCUT2D eigenvalue weighted by molar-refractivity contribution is -0.121. The summed E-state index contributed by atoms with van der Waals surface area (Å²) in [5.41, 5.74) is 1.09. The predicted octanol–water partition coefficient (Wildman–Crippen LogP) is 3.19. The minimum atomic E-state index is -0.0135. The number of halogens is 1. The SMILES string of the molecule is CC(C)C(=O)Cc1nc(Cc2cccc(Br)c2)no1. The van der Waals surface area contributed by atoms with Crippen molar-refractivity contribution in [1.29, 1.82) is 0 Å². The number of aromatic nitrogens is 2. The average Bonchev–Trinajstić information content (AvgIpc) is 2.76. The molecule has 0 fully saturated rings. The van der Waals surface area contributed by atoms with E-state index >= 15 is 0 Å². The summed E-state index contributed by atoms with van der Waals surface area (Å²) < 4.78 is 6.11. The summed E-state index contributed by atoms with van der Waals surface area (Å²) in [5, 5.41) is 3.90. The van der Waals surface area contributed by atoms with Gasteiger partial charge in [-0.2, -0.15) is 4.98 Å². The normalized spacial score (nSPS) is 10.9. The smallest absolute Gasteiger partial charge is 0.234 e. The molecule has 0 bridgehead atoms. The van der Waals surface area contributed by atoms with Crippen LogP contribution in [0.5, 0.6) is 0 Å². The topological polar surface area (TPSA) is 56.0 Å². The highest BCUT2D eigenvalue weighted by Crippen LogP contribution is 2.14. The van der Waals surface area contributed by atoms with Gasteiger partial charge in [0.2, 0.25) is 5.89 Å². The van der Waals surface area contributed by atoms with Crippen LogP contribution in [-0.4, -0.2) is 15.9 Å². The predicted molar refractivity (Wildman–Crippen MR) is 74.8 cm³/mol. The van der Waals surface area contributed by atoms with Crippen molar-refractivity contribution < 1.29 is 9.32 Å². The van der Waals surface area contributed by atoms with Crippen molar-refractivity contribution in [3.63, 3.8) is 0 Å². The Labute approximate surface area is 120 Å². The second-order valence-corrected chi connectivity index (χ2v) is 5.62. The largest absolute Gasteiger partial charge is 0.339 e. The number of nitrogens with zero attached hydrogens (tertiary/aromatic N) is 2. The monoisotopic (exact) mass is 322 g/mol. The Kier molecular flexibility index (Phi) is 4.47. The lowest BCUT2D eigenvalue weighted by Crippen LogP contribution is -2.10. The van der Waals surface area contributed by atoms with Crippen LogP contribution in [-0.2, 0) is 17.6 Å². The third-order valence-corrected chi connectivity index (χ3v) is 3.22. The van der Waals surface area contributed by atoms with Gasteiger partial charge in [-0.15, -0.1) is 0 Å². The molecule has 0 amide bonds. The number of hydrogen-bond acceptors (Lipinski definition) is 4. The van der Waals surface area contributed by atoms with E-state index in [1.807, 2.05) is 38.1 Å². The number of benzene rings is 1.